The second kappa shape index (κ2) is 8.50. The minimum atomic E-state index is -1.59. The molecule has 158 valence electrons. The van der Waals surface area contributed by atoms with Crippen LogP contribution in [0.4, 0.5) is 10.5 Å². The van der Waals surface area contributed by atoms with Crippen molar-refractivity contribution in [3.8, 4) is 11.5 Å². The summed E-state index contributed by atoms with van der Waals surface area (Å²) in [6, 6.07) is 3.68. The topological polar surface area (TPSA) is 70.1 Å². The van der Waals surface area contributed by atoms with Crippen molar-refractivity contribution in [2.45, 2.75) is 52.9 Å². The Hall–Kier alpha value is -2.46. The molecule has 1 aliphatic heterocycles. The summed E-state index contributed by atoms with van der Waals surface area (Å²) in [6.45, 7) is 16.1. The third-order valence-corrected chi connectivity index (χ3v) is 5.37. The van der Waals surface area contributed by atoms with E-state index in [4.69, 9.17) is 4.74 Å². The summed E-state index contributed by atoms with van der Waals surface area (Å²) in [5.74, 6) is 2.27. The number of hydrogen-bond donors (Lipinski definition) is 1. The fourth-order valence-corrected chi connectivity index (χ4v) is 3.47. The van der Waals surface area contributed by atoms with E-state index in [1.165, 1.54) is 0 Å². The maximum Gasteiger partial charge on any atom is 0.410 e. The molecule has 1 amide bonds. The SMILES string of the molecule is Cc1c(C#C[Si](C)(C)C)cc(N2CCN(C(=O)OC(C)(C)C)CC2)cc1C(=O)O. The minimum Gasteiger partial charge on any atom is -0.478 e. The van der Waals surface area contributed by atoms with Gasteiger partial charge in [-0.3, -0.25) is 0 Å². The summed E-state index contributed by atoms with van der Waals surface area (Å²) in [4.78, 5) is 27.8. The molecule has 1 aromatic carbocycles. The lowest BCUT2D eigenvalue weighted by Gasteiger charge is -2.37. The number of aromatic carboxylic acids is 1. The van der Waals surface area contributed by atoms with Crippen LogP contribution in [0.2, 0.25) is 19.6 Å². The Morgan fingerprint density at radius 1 is 1.10 bits per heavy atom. The fourth-order valence-electron chi connectivity index (χ4n) is 2.96. The van der Waals surface area contributed by atoms with E-state index in [2.05, 4.69) is 36.0 Å². The molecule has 0 aromatic heterocycles. The van der Waals surface area contributed by atoms with E-state index in [0.717, 1.165) is 11.3 Å². The van der Waals surface area contributed by atoms with Gasteiger partial charge in [0, 0.05) is 37.4 Å². The van der Waals surface area contributed by atoms with Crippen LogP contribution in [-0.4, -0.2) is 61.9 Å². The second-order valence-electron chi connectivity index (χ2n) is 9.43. The summed E-state index contributed by atoms with van der Waals surface area (Å²) in [7, 11) is -1.59. The molecule has 1 aliphatic rings. The first-order valence-corrected chi connectivity index (χ1v) is 13.4. The van der Waals surface area contributed by atoms with Crippen LogP contribution in [0.15, 0.2) is 12.1 Å². The first-order chi connectivity index (χ1) is 13.3. The molecular weight excluding hydrogens is 384 g/mol. The molecule has 1 saturated heterocycles. The lowest BCUT2D eigenvalue weighted by Crippen LogP contribution is -2.50. The zero-order valence-electron chi connectivity index (χ0n) is 18.5. The number of rotatable bonds is 2. The quantitative estimate of drug-likeness (QED) is 0.583. The van der Waals surface area contributed by atoms with E-state index in [-0.39, 0.29) is 11.7 Å². The zero-order valence-corrected chi connectivity index (χ0v) is 19.5. The number of piperazine rings is 1. The largest absolute Gasteiger partial charge is 0.478 e. The summed E-state index contributed by atoms with van der Waals surface area (Å²) < 4.78 is 5.44. The first kappa shape index (κ1) is 22.8. The predicted octanol–water partition coefficient (Wildman–Crippen LogP) is 3.98. The number of carboxylic acid groups (broad SMARTS) is 1. The second-order valence-corrected chi connectivity index (χ2v) is 14.2. The Morgan fingerprint density at radius 3 is 2.17 bits per heavy atom. The molecular formula is C22H32N2O4Si. The molecule has 0 saturated carbocycles. The molecule has 1 N–H and O–H groups in total. The van der Waals surface area contributed by atoms with E-state index < -0.39 is 19.6 Å². The van der Waals surface area contributed by atoms with Gasteiger partial charge in [-0.1, -0.05) is 25.6 Å². The highest BCUT2D eigenvalue weighted by Crippen LogP contribution is 2.25. The monoisotopic (exact) mass is 416 g/mol. The van der Waals surface area contributed by atoms with Gasteiger partial charge in [0.15, 0.2) is 0 Å². The number of hydrogen-bond acceptors (Lipinski definition) is 4. The van der Waals surface area contributed by atoms with Crippen molar-refractivity contribution >= 4 is 25.8 Å². The number of nitrogens with zero attached hydrogens (tertiary/aromatic N) is 2. The smallest absolute Gasteiger partial charge is 0.410 e. The fraction of sp³-hybridized carbons (Fsp3) is 0.545. The van der Waals surface area contributed by atoms with Crippen LogP contribution in [0, 0.1) is 18.4 Å². The molecule has 0 unspecified atom stereocenters. The molecule has 1 heterocycles. The molecule has 2 rings (SSSR count). The van der Waals surface area contributed by atoms with Gasteiger partial charge < -0.3 is 19.6 Å². The molecule has 0 bridgehead atoms. The lowest BCUT2D eigenvalue weighted by molar-refractivity contribution is 0.0240. The number of carbonyl (C=O) groups excluding carboxylic acids is 1. The highest BCUT2D eigenvalue weighted by molar-refractivity contribution is 6.83. The van der Waals surface area contributed by atoms with Gasteiger partial charge in [0.25, 0.3) is 0 Å². The highest BCUT2D eigenvalue weighted by atomic mass is 28.3. The van der Waals surface area contributed by atoms with Gasteiger partial charge in [0.2, 0.25) is 0 Å². The van der Waals surface area contributed by atoms with Crippen LogP contribution in [0.3, 0.4) is 0 Å². The van der Waals surface area contributed by atoms with Gasteiger partial charge in [0.05, 0.1) is 5.56 Å². The molecule has 0 aliphatic carbocycles. The van der Waals surface area contributed by atoms with Crippen LogP contribution in [0.5, 0.6) is 0 Å². The zero-order chi connectivity index (χ0) is 22.0. The normalized spacial score (nSPS) is 14.9. The molecule has 0 atom stereocenters. The van der Waals surface area contributed by atoms with Crippen LogP contribution < -0.4 is 4.90 Å². The van der Waals surface area contributed by atoms with Crippen LogP contribution in [0.1, 0.15) is 42.3 Å². The van der Waals surface area contributed by atoms with Gasteiger partial charge in [-0.15, -0.1) is 5.54 Å². The Bertz CT molecular complexity index is 849. The van der Waals surface area contributed by atoms with Crippen molar-refractivity contribution in [1.82, 2.24) is 4.90 Å². The Balaban J connectivity index is 2.25. The molecule has 0 spiro atoms. The van der Waals surface area contributed by atoms with Gasteiger partial charge >= 0.3 is 12.1 Å². The molecule has 6 nitrogen and oxygen atoms in total. The predicted molar refractivity (Wildman–Crippen MR) is 118 cm³/mol. The third kappa shape index (κ3) is 6.53. The number of benzene rings is 1. The van der Waals surface area contributed by atoms with Crippen LogP contribution >= 0.6 is 0 Å². The highest BCUT2D eigenvalue weighted by Gasteiger charge is 2.26. The van der Waals surface area contributed by atoms with Crippen molar-refractivity contribution in [2.24, 2.45) is 0 Å². The Kier molecular flexibility index (Phi) is 6.69. The molecule has 7 heteroatoms. The first-order valence-electron chi connectivity index (χ1n) is 9.91. The number of anilines is 1. The van der Waals surface area contributed by atoms with Gasteiger partial charge in [-0.25, -0.2) is 9.59 Å². The summed E-state index contributed by atoms with van der Waals surface area (Å²) >= 11 is 0. The van der Waals surface area contributed by atoms with Crippen molar-refractivity contribution in [2.75, 3.05) is 31.1 Å². The number of ether oxygens (including phenoxy) is 1. The average molecular weight is 417 g/mol. The van der Waals surface area contributed by atoms with Crippen molar-refractivity contribution in [1.29, 1.82) is 0 Å². The lowest BCUT2D eigenvalue weighted by atomic mass is 10.0. The van der Waals surface area contributed by atoms with Crippen LogP contribution in [0.25, 0.3) is 0 Å². The summed E-state index contributed by atoms with van der Waals surface area (Å²) in [5.41, 5.74) is 5.36. The van der Waals surface area contributed by atoms with Crippen molar-refractivity contribution in [3.05, 3.63) is 28.8 Å². The molecule has 29 heavy (non-hydrogen) atoms. The van der Waals surface area contributed by atoms with E-state index >= 15 is 0 Å². The van der Waals surface area contributed by atoms with E-state index in [0.29, 0.717) is 31.7 Å². The molecule has 0 radical (unpaired) electrons. The number of carboxylic acids is 1. The van der Waals surface area contributed by atoms with E-state index in [9.17, 15) is 14.7 Å². The van der Waals surface area contributed by atoms with E-state index in [1.54, 1.807) is 11.0 Å². The summed E-state index contributed by atoms with van der Waals surface area (Å²) in [6.07, 6.45) is -0.311. The number of carbonyl (C=O) groups is 2. The van der Waals surface area contributed by atoms with Gasteiger partial charge in [0.1, 0.15) is 13.7 Å². The summed E-state index contributed by atoms with van der Waals surface area (Å²) in [5, 5.41) is 9.64. The van der Waals surface area contributed by atoms with Gasteiger partial charge in [-0.2, -0.15) is 0 Å². The average Bonchev–Trinajstić information content (AvgIpc) is 2.58. The maximum absolute atomic E-state index is 12.3. The Morgan fingerprint density at radius 2 is 1.69 bits per heavy atom. The van der Waals surface area contributed by atoms with E-state index in [1.807, 2.05) is 33.8 Å². The standard InChI is InChI=1S/C22H32N2O4Si/c1-16-17(8-13-29(5,6)7)14-18(15-19(16)20(25)26)23-9-11-24(12-10-23)21(27)28-22(2,3)4/h14-15H,9-12H2,1-7H3,(H,25,26). The van der Waals surface area contributed by atoms with Gasteiger partial charge in [-0.05, 0) is 45.4 Å². The van der Waals surface area contributed by atoms with Crippen LogP contribution in [-0.2, 0) is 4.74 Å². The third-order valence-electron chi connectivity index (χ3n) is 4.49. The molecule has 1 aromatic rings. The maximum atomic E-state index is 12.3. The van der Waals surface area contributed by atoms with Crippen molar-refractivity contribution in [3.63, 3.8) is 0 Å². The molecule has 1 fully saturated rings. The number of amides is 1. The van der Waals surface area contributed by atoms with Crippen molar-refractivity contribution < 1.29 is 19.4 Å². The minimum absolute atomic E-state index is 0.275. The Labute approximate surface area is 174 Å².